The molecule has 0 spiro atoms. The summed E-state index contributed by atoms with van der Waals surface area (Å²) in [7, 11) is 0. The van der Waals surface area contributed by atoms with Crippen LogP contribution in [0.15, 0.2) is 10.9 Å². The highest BCUT2D eigenvalue weighted by atomic mass is 16.5. The highest BCUT2D eigenvalue weighted by Crippen LogP contribution is 2.10. The maximum absolute atomic E-state index is 4.78. The third-order valence-corrected chi connectivity index (χ3v) is 3.20. The van der Waals surface area contributed by atoms with Gasteiger partial charge in [0.15, 0.2) is 5.82 Å². The molecular weight excluding hydrogens is 216 g/mol. The molecule has 0 aromatic carbocycles. The van der Waals surface area contributed by atoms with Gasteiger partial charge in [-0.2, -0.15) is 4.98 Å². The lowest BCUT2D eigenvalue weighted by Crippen LogP contribution is -2.43. The van der Waals surface area contributed by atoms with Crippen LogP contribution in [-0.4, -0.2) is 40.7 Å². The smallest absolute Gasteiger partial charge is 0.213 e. The van der Waals surface area contributed by atoms with E-state index in [0.29, 0.717) is 6.04 Å². The first kappa shape index (κ1) is 12.5. The van der Waals surface area contributed by atoms with E-state index in [2.05, 4.69) is 27.3 Å². The molecule has 1 aromatic rings. The van der Waals surface area contributed by atoms with Gasteiger partial charge in [-0.1, -0.05) is 18.5 Å². The molecule has 2 heterocycles. The van der Waals surface area contributed by atoms with Gasteiger partial charge in [-0.3, -0.25) is 4.90 Å². The molecule has 1 N–H and O–H groups in total. The van der Waals surface area contributed by atoms with Crippen LogP contribution in [0.2, 0.25) is 0 Å². The number of hydrogen-bond acceptors (Lipinski definition) is 5. The van der Waals surface area contributed by atoms with Crippen LogP contribution in [0.5, 0.6) is 0 Å². The van der Waals surface area contributed by atoms with Crippen molar-refractivity contribution in [2.45, 2.75) is 45.2 Å². The van der Waals surface area contributed by atoms with Crippen molar-refractivity contribution in [3.63, 3.8) is 0 Å². The van der Waals surface area contributed by atoms with Gasteiger partial charge in [-0.25, -0.2) is 0 Å². The van der Waals surface area contributed by atoms with Gasteiger partial charge in [-0.15, -0.1) is 0 Å². The lowest BCUT2D eigenvalue weighted by atomic mass is 10.0. The van der Waals surface area contributed by atoms with Gasteiger partial charge in [0.05, 0.1) is 6.54 Å². The molecule has 0 radical (unpaired) electrons. The maximum Gasteiger partial charge on any atom is 0.213 e. The van der Waals surface area contributed by atoms with Crippen molar-refractivity contribution in [2.24, 2.45) is 0 Å². The largest absolute Gasteiger partial charge is 0.343 e. The first-order chi connectivity index (χ1) is 8.38. The van der Waals surface area contributed by atoms with Crippen LogP contribution in [0, 0.1) is 0 Å². The zero-order chi connectivity index (χ0) is 11.9. The number of nitrogens with one attached hydrogen (secondary N) is 1. The first-order valence-electron chi connectivity index (χ1n) is 6.59. The minimum atomic E-state index is 0.627. The molecule has 1 aliphatic rings. The molecule has 1 aromatic heterocycles. The van der Waals surface area contributed by atoms with E-state index in [9.17, 15) is 0 Å². The minimum Gasteiger partial charge on any atom is -0.343 e. The fourth-order valence-electron chi connectivity index (χ4n) is 2.40. The molecule has 0 amide bonds. The second-order valence-electron chi connectivity index (χ2n) is 4.73. The fraction of sp³-hybridized carbons (Fsp3) is 0.833. The quantitative estimate of drug-likeness (QED) is 0.812. The van der Waals surface area contributed by atoms with E-state index in [-0.39, 0.29) is 0 Å². The van der Waals surface area contributed by atoms with Gasteiger partial charge in [0.2, 0.25) is 6.39 Å². The van der Waals surface area contributed by atoms with Crippen LogP contribution in [0.4, 0.5) is 0 Å². The van der Waals surface area contributed by atoms with Crippen LogP contribution < -0.4 is 5.32 Å². The number of nitrogens with zero attached hydrogens (tertiary/aromatic N) is 3. The Hall–Kier alpha value is -0.940. The maximum atomic E-state index is 4.78. The van der Waals surface area contributed by atoms with Gasteiger partial charge < -0.3 is 9.84 Å². The summed E-state index contributed by atoms with van der Waals surface area (Å²) in [6, 6.07) is 0.627. The molecule has 1 atom stereocenters. The second-order valence-corrected chi connectivity index (χ2v) is 4.73. The Morgan fingerprint density at radius 1 is 1.53 bits per heavy atom. The first-order valence-corrected chi connectivity index (χ1v) is 6.59. The predicted octanol–water partition coefficient (Wildman–Crippen LogP) is 1.42. The third-order valence-electron chi connectivity index (χ3n) is 3.20. The van der Waals surface area contributed by atoms with Crippen molar-refractivity contribution in [3.05, 3.63) is 12.2 Å². The Bertz CT molecular complexity index is 295. The van der Waals surface area contributed by atoms with E-state index in [1.165, 1.54) is 25.7 Å². The van der Waals surface area contributed by atoms with Gasteiger partial charge in [0.25, 0.3) is 0 Å². The molecule has 1 aliphatic heterocycles. The summed E-state index contributed by atoms with van der Waals surface area (Å²) in [6.07, 6.45) is 6.50. The monoisotopic (exact) mass is 238 g/mol. The Kier molecular flexibility index (Phi) is 4.94. The van der Waals surface area contributed by atoms with Crippen LogP contribution >= 0.6 is 0 Å². The van der Waals surface area contributed by atoms with Crippen molar-refractivity contribution in [3.8, 4) is 0 Å². The zero-order valence-electron chi connectivity index (χ0n) is 10.6. The summed E-state index contributed by atoms with van der Waals surface area (Å²) in [4.78, 5) is 6.50. The Morgan fingerprint density at radius 2 is 2.47 bits per heavy atom. The summed E-state index contributed by atoms with van der Waals surface area (Å²) < 4.78 is 4.78. The lowest BCUT2D eigenvalue weighted by molar-refractivity contribution is 0.210. The van der Waals surface area contributed by atoms with Crippen molar-refractivity contribution < 1.29 is 4.52 Å². The normalized spacial score (nSPS) is 20.9. The number of piperidine rings is 1. The molecule has 96 valence electrons. The molecule has 5 nitrogen and oxygen atoms in total. The van der Waals surface area contributed by atoms with E-state index in [1.807, 2.05) is 0 Å². The van der Waals surface area contributed by atoms with Crippen LogP contribution in [0.1, 0.15) is 38.4 Å². The highest BCUT2D eigenvalue weighted by molar-refractivity contribution is 4.81. The van der Waals surface area contributed by atoms with E-state index in [0.717, 1.165) is 38.4 Å². The van der Waals surface area contributed by atoms with Crippen molar-refractivity contribution in [1.29, 1.82) is 0 Å². The van der Waals surface area contributed by atoms with Crippen molar-refractivity contribution >= 4 is 0 Å². The molecule has 5 heteroatoms. The molecular formula is C12H22N4O. The average Bonchev–Trinajstić information content (AvgIpc) is 2.83. The van der Waals surface area contributed by atoms with Crippen LogP contribution in [-0.2, 0) is 6.54 Å². The van der Waals surface area contributed by atoms with E-state index in [4.69, 9.17) is 4.52 Å². The number of rotatable bonds is 6. The summed E-state index contributed by atoms with van der Waals surface area (Å²) in [5, 5.41) is 7.46. The summed E-state index contributed by atoms with van der Waals surface area (Å²) in [5.41, 5.74) is 0. The van der Waals surface area contributed by atoms with Crippen LogP contribution in [0.3, 0.4) is 0 Å². The number of aromatic nitrogens is 2. The molecule has 2 rings (SSSR count). The van der Waals surface area contributed by atoms with Crippen molar-refractivity contribution in [2.75, 3.05) is 19.6 Å². The van der Waals surface area contributed by atoms with Gasteiger partial charge in [0, 0.05) is 12.6 Å². The lowest BCUT2D eigenvalue weighted by Gasteiger charge is -2.29. The highest BCUT2D eigenvalue weighted by Gasteiger charge is 2.17. The van der Waals surface area contributed by atoms with Gasteiger partial charge in [0.1, 0.15) is 0 Å². The minimum absolute atomic E-state index is 0.627. The molecule has 1 unspecified atom stereocenters. The Morgan fingerprint density at radius 3 is 3.12 bits per heavy atom. The SMILES string of the molecule is CCCN(Cc1ncon1)CC1CCCCN1. The fourth-order valence-corrected chi connectivity index (χ4v) is 2.40. The van der Waals surface area contributed by atoms with Gasteiger partial charge >= 0.3 is 0 Å². The summed E-state index contributed by atoms with van der Waals surface area (Å²) in [5.74, 6) is 0.786. The summed E-state index contributed by atoms with van der Waals surface area (Å²) in [6.45, 7) is 6.34. The third kappa shape index (κ3) is 4.09. The van der Waals surface area contributed by atoms with E-state index in [1.54, 1.807) is 0 Å². The van der Waals surface area contributed by atoms with E-state index >= 15 is 0 Å². The Labute approximate surface area is 103 Å². The molecule has 0 saturated carbocycles. The topological polar surface area (TPSA) is 54.2 Å². The summed E-state index contributed by atoms with van der Waals surface area (Å²) >= 11 is 0. The molecule has 17 heavy (non-hydrogen) atoms. The molecule has 0 bridgehead atoms. The standard InChI is InChI=1S/C12H22N4O/c1-2-7-16(9-12-14-10-17-15-12)8-11-5-3-4-6-13-11/h10-11,13H,2-9H2,1H3. The molecule has 1 fully saturated rings. The number of hydrogen-bond donors (Lipinski definition) is 1. The molecule has 0 aliphatic carbocycles. The zero-order valence-corrected chi connectivity index (χ0v) is 10.6. The van der Waals surface area contributed by atoms with E-state index < -0.39 is 0 Å². The second kappa shape index (κ2) is 6.71. The van der Waals surface area contributed by atoms with Crippen LogP contribution in [0.25, 0.3) is 0 Å². The average molecular weight is 238 g/mol. The molecule has 1 saturated heterocycles. The van der Waals surface area contributed by atoms with Gasteiger partial charge in [-0.05, 0) is 32.4 Å². The van der Waals surface area contributed by atoms with Crippen molar-refractivity contribution in [1.82, 2.24) is 20.4 Å². The Balaban J connectivity index is 1.83. The predicted molar refractivity (Wildman–Crippen MR) is 65.5 cm³/mol.